The van der Waals surface area contributed by atoms with Crippen molar-refractivity contribution in [2.75, 3.05) is 11.9 Å². The summed E-state index contributed by atoms with van der Waals surface area (Å²) in [5, 5.41) is 3.67. The van der Waals surface area contributed by atoms with Gasteiger partial charge in [-0.1, -0.05) is 28.9 Å². The number of nitrogens with one attached hydrogen (secondary N) is 1. The number of halogens is 3. The van der Waals surface area contributed by atoms with Gasteiger partial charge in [-0.2, -0.15) is 0 Å². The summed E-state index contributed by atoms with van der Waals surface area (Å²) in [6.07, 6.45) is 1.05. The molecule has 0 aliphatic carbocycles. The lowest BCUT2D eigenvalue weighted by atomic mass is 10.1. The van der Waals surface area contributed by atoms with E-state index in [9.17, 15) is 13.6 Å². The zero-order chi connectivity index (χ0) is 13.5. The third-order valence-electron chi connectivity index (χ3n) is 2.60. The number of carbonyl (C=O) groups is 1. The first-order valence-electron chi connectivity index (χ1n) is 5.79. The third kappa shape index (κ3) is 5.12. The number of hydrogen-bond donors (Lipinski definition) is 1. The molecule has 1 aromatic rings. The lowest BCUT2D eigenvalue weighted by molar-refractivity contribution is -0.120. The van der Waals surface area contributed by atoms with Crippen LogP contribution in [0.2, 0.25) is 0 Å². The third-order valence-corrected chi connectivity index (χ3v) is 3.06. The van der Waals surface area contributed by atoms with Gasteiger partial charge in [0.2, 0.25) is 5.91 Å². The number of hydrogen-bond acceptors (Lipinski definition) is 1. The predicted molar refractivity (Wildman–Crippen MR) is 70.6 cm³/mol. The van der Waals surface area contributed by atoms with Crippen molar-refractivity contribution in [1.29, 1.82) is 0 Å². The molecular weight excluding hydrogens is 304 g/mol. The largest absolute Gasteiger partial charge is 0.356 e. The van der Waals surface area contributed by atoms with Gasteiger partial charge in [0.1, 0.15) is 0 Å². The minimum atomic E-state index is -0.923. The Labute approximate surface area is 114 Å². The molecule has 2 nitrogen and oxygen atoms in total. The van der Waals surface area contributed by atoms with Gasteiger partial charge in [0.05, 0.1) is 6.42 Å². The van der Waals surface area contributed by atoms with E-state index in [0.717, 1.165) is 23.9 Å². The molecule has 0 aliphatic heterocycles. The Bertz CT molecular complexity index is 412. The van der Waals surface area contributed by atoms with E-state index < -0.39 is 11.6 Å². The lowest BCUT2D eigenvalue weighted by Gasteiger charge is -2.11. The van der Waals surface area contributed by atoms with Crippen LogP contribution < -0.4 is 5.32 Å². The molecule has 0 bridgehead atoms. The van der Waals surface area contributed by atoms with Gasteiger partial charge in [-0.3, -0.25) is 4.79 Å². The fraction of sp³-hybridized carbons (Fsp3) is 0.462. The van der Waals surface area contributed by atoms with E-state index in [-0.39, 0.29) is 12.3 Å². The first-order chi connectivity index (χ1) is 8.52. The topological polar surface area (TPSA) is 29.1 Å². The molecule has 0 radical (unpaired) electrons. The van der Waals surface area contributed by atoms with Crippen LogP contribution in [0.25, 0.3) is 0 Å². The first kappa shape index (κ1) is 15.1. The van der Waals surface area contributed by atoms with E-state index in [1.54, 1.807) is 0 Å². The molecule has 1 aromatic carbocycles. The summed E-state index contributed by atoms with van der Waals surface area (Å²) in [4.78, 5) is 11.6. The fourth-order valence-electron chi connectivity index (χ4n) is 1.47. The Morgan fingerprint density at radius 2 is 2.11 bits per heavy atom. The monoisotopic (exact) mass is 319 g/mol. The zero-order valence-corrected chi connectivity index (χ0v) is 11.8. The normalized spacial score (nSPS) is 12.2. The van der Waals surface area contributed by atoms with Crippen molar-refractivity contribution >= 4 is 21.8 Å². The second-order valence-corrected chi connectivity index (χ2v) is 5.11. The molecule has 0 aromatic heterocycles. The minimum Gasteiger partial charge on any atom is -0.356 e. The Hall–Kier alpha value is -0.970. The summed E-state index contributed by atoms with van der Waals surface area (Å²) in [5.41, 5.74) is 0.472. The molecular formula is C13H16BrF2NO. The predicted octanol–water partition coefficient (Wildman–Crippen LogP) is 3.04. The average molecular weight is 320 g/mol. The van der Waals surface area contributed by atoms with Crippen LogP contribution in [0.3, 0.4) is 0 Å². The molecule has 0 spiro atoms. The van der Waals surface area contributed by atoms with Crippen LogP contribution >= 0.6 is 15.9 Å². The maximum atomic E-state index is 12.9. The van der Waals surface area contributed by atoms with Crippen molar-refractivity contribution in [2.45, 2.75) is 19.8 Å². The SMILES string of the molecule is CC(CCBr)CNC(=O)Cc1ccc(F)c(F)c1. The highest BCUT2D eigenvalue weighted by atomic mass is 79.9. The van der Waals surface area contributed by atoms with Crippen LogP contribution in [-0.4, -0.2) is 17.8 Å². The van der Waals surface area contributed by atoms with Gasteiger partial charge in [-0.05, 0) is 30.0 Å². The number of rotatable bonds is 6. The molecule has 1 amide bonds. The second kappa shape index (κ2) is 7.46. The maximum absolute atomic E-state index is 12.9. The van der Waals surface area contributed by atoms with Crippen LogP contribution in [0.5, 0.6) is 0 Å². The summed E-state index contributed by atoms with van der Waals surface area (Å²) in [6, 6.07) is 3.50. The molecule has 0 heterocycles. The zero-order valence-electron chi connectivity index (χ0n) is 10.2. The van der Waals surface area contributed by atoms with Crippen LogP contribution in [-0.2, 0) is 11.2 Å². The van der Waals surface area contributed by atoms with E-state index in [4.69, 9.17) is 0 Å². The highest BCUT2D eigenvalue weighted by molar-refractivity contribution is 9.09. The molecule has 1 atom stereocenters. The van der Waals surface area contributed by atoms with Gasteiger partial charge < -0.3 is 5.32 Å². The van der Waals surface area contributed by atoms with E-state index in [1.165, 1.54) is 6.07 Å². The summed E-state index contributed by atoms with van der Waals surface area (Å²) in [7, 11) is 0. The van der Waals surface area contributed by atoms with E-state index in [1.807, 2.05) is 6.92 Å². The molecule has 1 unspecified atom stereocenters. The molecule has 0 fully saturated rings. The molecule has 1 N–H and O–H groups in total. The first-order valence-corrected chi connectivity index (χ1v) is 6.91. The van der Waals surface area contributed by atoms with Gasteiger partial charge in [0, 0.05) is 11.9 Å². The van der Waals surface area contributed by atoms with Crippen LogP contribution in [0.1, 0.15) is 18.9 Å². The molecule has 0 saturated carbocycles. The second-order valence-electron chi connectivity index (χ2n) is 4.31. The molecule has 1 rings (SSSR count). The molecule has 0 saturated heterocycles. The van der Waals surface area contributed by atoms with Gasteiger partial charge in [0.15, 0.2) is 11.6 Å². The van der Waals surface area contributed by atoms with Crippen molar-refractivity contribution in [3.05, 3.63) is 35.4 Å². The van der Waals surface area contributed by atoms with Crippen LogP contribution in [0.4, 0.5) is 8.78 Å². The summed E-state index contributed by atoms with van der Waals surface area (Å²) >= 11 is 3.34. The summed E-state index contributed by atoms with van der Waals surface area (Å²) < 4.78 is 25.6. The van der Waals surface area contributed by atoms with E-state index in [2.05, 4.69) is 21.2 Å². The fourth-order valence-corrected chi connectivity index (χ4v) is 2.26. The number of carbonyl (C=O) groups excluding carboxylic acids is 1. The number of amides is 1. The Balaban J connectivity index is 2.42. The van der Waals surface area contributed by atoms with Crippen LogP contribution in [0, 0.1) is 17.6 Å². The smallest absolute Gasteiger partial charge is 0.224 e. The molecule has 18 heavy (non-hydrogen) atoms. The quantitative estimate of drug-likeness (QED) is 0.802. The minimum absolute atomic E-state index is 0.0677. The van der Waals surface area contributed by atoms with Crippen molar-refractivity contribution in [2.24, 2.45) is 5.92 Å². The molecule has 100 valence electrons. The van der Waals surface area contributed by atoms with Gasteiger partial charge in [-0.25, -0.2) is 8.78 Å². The highest BCUT2D eigenvalue weighted by Gasteiger charge is 2.08. The Morgan fingerprint density at radius 3 is 2.72 bits per heavy atom. The standard InChI is InChI=1S/C13H16BrF2NO/c1-9(4-5-14)8-17-13(18)7-10-2-3-11(15)12(16)6-10/h2-3,6,9H,4-5,7-8H2,1H3,(H,17,18). The van der Waals surface area contributed by atoms with Gasteiger partial charge in [0.25, 0.3) is 0 Å². The van der Waals surface area contributed by atoms with Crippen molar-refractivity contribution < 1.29 is 13.6 Å². The highest BCUT2D eigenvalue weighted by Crippen LogP contribution is 2.09. The Kier molecular flexibility index (Phi) is 6.25. The maximum Gasteiger partial charge on any atom is 0.224 e. The lowest BCUT2D eigenvalue weighted by Crippen LogP contribution is -2.29. The molecule has 5 heteroatoms. The average Bonchev–Trinajstić information content (AvgIpc) is 2.32. The summed E-state index contributed by atoms with van der Waals surface area (Å²) in [5.74, 6) is -1.61. The van der Waals surface area contributed by atoms with E-state index >= 15 is 0 Å². The summed E-state index contributed by atoms with van der Waals surface area (Å²) in [6.45, 7) is 2.63. The molecule has 0 aliphatic rings. The number of alkyl halides is 1. The van der Waals surface area contributed by atoms with Crippen molar-refractivity contribution in [3.63, 3.8) is 0 Å². The van der Waals surface area contributed by atoms with Crippen LogP contribution in [0.15, 0.2) is 18.2 Å². The van der Waals surface area contributed by atoms with E-state index in [0.29, 0.717) is 18.0 Å². The number of benzene rings is 1. The van der Waals surface area contributed by atoms with Gasteiger partial charge >= 0.3 is 0 Å². The van der Waals surface area contributed by atoms with Crippen molar-refractivity contribution in [1.82, 2.24) is 5.32 Å². The Morgan fingerprint density at radius 1 is 1.39 bits per heavy atom. The van der Waals surface area contributed by atoms with Crippen molar-refractivity contribution in [3.8, 4) is 0 Å². The van der Waals surface area contributed by atoms with Gasteiger partial charge in [-0.15, -0.1) is 0 Å².